The van der Waals surface area contributed by atoms with Gasteiger partial charge in [-0.2, -0.15) is 9.49 Å². The number of halogens is 2. The predicted molar refractivity (Wildman–Crippen MR) is 77.8 cm³/mol. The van der Waals surface area contributed by atoms with Gasteiger partial charge in [0.25, 0.3) is 0 Å². The Morgan fingerprint density at radius 1 is 1.50 bits per heavy atom. The maximum Gasteiger partial charge on any atom is 0.366 e. The third-order valence-electron chi connectivity index (χ3n) is 2.95. The summed E-state index contributed by atoms with van der Waals surface area (Å²) in [6.45, 7) is 5.93. The lowest BCUT2D eigenvalue weighted by atomic mass is 10.1. The number of nitrogens with one attached hydrogen (secondary N) is 1. The number of hydrogen-bond acceptors (Lipinski definition) is 4. The number of carbonyl (C=O) groups excluding carboxylic acids is 1. The van der Waals surface area contributed by atoms with Crippen molar-refractivity contribution in [3.63, 3.8) is 0 Å². The van der Waals surface area contributed by atoms with Gasteiger partial charge in [-0.15, -0.1) is 0 Å². The summed E-state index contributed by atoms with van der Waals surface area (Å²) in [6.07, 6.45) is 0.756. The van der Waals surface area contributed by atoms with E-state index in [1.165, 1.54) is 12.1 Å². The maximum absolute atomic E-state index is 14.3. The van der Waals surface area contributed by atoms with Crippen LogP contribution in [-0.4, -0.2) is 29.9 Å². The minimum Gasteiger partial charge on any atom is -0.492 e. The smallest absolute Gasteiger partial charge is 0.366 e. The van der Waals surface area contributed by atoms with E-state index in [1.54, 1.807) is 6.92 Å². The van der Waals surface area contributed by atoms with Gasteiger partial charge in [0.1, 0.15) is 17.0 Å². The number of esters is 1. The molecular formula is C15H14F2N2O3. The molecule has 0 fully saturated rings. The molecule has 5 nitrogen and oxygen atoms in total. The highest BCUT2D eigenvalue weighted by molar-refractivity contribution is 5.94. The third-order valence-corrected chi connectivity index (χ3v) is 2.95. The molecule has 1 aromatic carbocycles. The molecule has 22 heavy (non-hydrogen) atoms. The average Bonchev–Trinajstić information content (AvgIpc) is 2.94. The zero-order valence-corrected chi connectivity index (χ0v) is 12.1. The van der Waals surface area contributed by atoms with Crippen molar-refractivity contribution in [2.24, 2.45) is 0 Å². The fraction of sp³-hybridized carbons (Fsp3) is 0.200. The van der Waals surface area contributed by atoms with E-state index in [0.717, 1.165) is 13.2 Å². The molecule has 2 aromatic rings. The van der Waals surface area contributed by atoms with Crippen molar-refractivity contribution in [2.75, 3.05) is 13.7 Å². The molecule has 0 spiro atoms. The van der Waals surface area contributed by atoms with Crippen LogP contribution in [0.5, 0.6) is 0 Å². The first-order valence-electron chi connectivity index (χ1n) is 6.43. The van der Waals surface area contributed by atoms with E-state index >= 15 is 0 Å². The molecule has 7 heteroatoms. The van der Waals surface area contributed by atoms with E-state index in [1.807, 2.05) is 0 Å². The first kappa shape index (κ1) is 15.7. The Kier molecular flexibility index (Phi) is 4.55. The van der Waals surface area contributed by atoms with E-state index in [-0.39, 0.29) is 11.1 Å². The molecule has 0 amide bonds. The highest BCUT2D eigenvalue weighted by atomic mass is 19.1. The van der Waals surface area contributed by atoms with Gasteiger partial charge in [0.2, 0.25) is 5.83 Å². The number of ether oxygens (including phenoxy) is 2. The summed E-state index contributed by atoms with van der Waals surface area (Å²) < 4.78 is 37.3. The van der Waals surface area contributed by atoms with Crippen LogP contribution in [0, 0.1) is 5.82 Å². The number of nitrogens with zero attached hydrogens (tertiary/aromatic N) is 1. The number of aromatic nitrogens is 2. The zero-order valence-electron chi connectivity index (χ0n) is 12.1. The Morgan fingerprint density at radius 3 is 2.86 bits per heavy atom. The fourth-order valence-electron chi connectivity index (χ4n) is 1.93. The van der Waals surface area contributed by atoms with E-state index in [2.05, 4.69) is 21.5 Å². The Morgan fingerprint density at radius 2 is 2.23 bits per heavy atom. The number of carbonyl (C=O) groups is 1. The van der Waals surface area contributed by atoms with Crippen LogP contribution in [0.4, 0.5) is 8.78 Å². The molecule has 0 atom stereocenters. The summed E-state index contributed by atoms with van der Waals surface area (Å²) in [6, 6.07) is 2.87. The molecule has 0 aliphatic carbocycles. The second-order valence-electron chi connectivity index (χ2n) is 4.30. The van der Waals surface area contributed by atoms with Gasteiger partial charge >= 0.3 is 5.97 Å². The lowest BCUT2D eigenvalue weighted by Crippen LogP contribution is -2.00. The summed E-state index contributed by atoms with van der Waals surface area (Å²) in [5, 5.41) is 6.93. The number of aromatic amines is 1. The molecule has 0 radical (unpaired) electrons. The zero-order chi connectivity index (χ0) is 16.3. The number of benzene rings is 1. The van der Waals surface area contributed by atoms with Crippen LogP contribution in [0.2, 0.25) is 0 Å². The lowest BCUT2D eigenvalue weighted by molar-refractivity contribution is -0.137. The first-order valence-corrected chi connectivity index (χ1v) is 6.43. The molecule has 0 aliphatic heterocycles. The van der Waals surface area contributed by atoms with Crippen molar-refractivity contribution >= 4 is 28.7 Å². The molecule has 0 saturated heterocycles. The summed E-state index contributed by atoms with van der Waals surface area (Å²) in [5.74, 6) is -2.81. The maximum atomic E-state index is 14.3. The van der Waals surface area contributed by atoms with E-state index in [0.29, 0.717) is 23.4 Å². The normalized spacial score (nSPS) is 11.5. The highest BCUT2D eigenvalue weighted by Crippen LogP contribution is 2.27. The molecule has 0 aliphatic rings. The standard InChI is InChI=1S/C15H14F2N2O3/c1-4-22-8(2)13-10-6-5-9(7-11(16)15(20)21-3)12(17)14(10)19-18-13/h5-7H,2,4H2,1,3H3,(H,18,19)/b11-7-. The molecule has 116 valence electrons. The summed E-state index contributed by atoms with van der Waals surface area (Å²) >= 11 is 0. The van der Waals surface area contributed by atoms with Gasteiger partial charge in [0, 0.05) is 10.9 Å². The van der Waals surface area contributed by atoms with Crippen LogP contribution in [0.3, 0.4) is 0 Å². The van der Waals surface area contributed by atoms with Gasteiger partial charge in [0.05, 0.1) is 13.7 Å². The number of fused-ring (bicyclic) bond motifs is 1. The van der Waals surface area contributed by atoms with Crippen LogP contribution in [0.25, 0.3) is 22.7 Å². The summed E-state index contributed by atoms with van der Waals surface area (Å²) in [7, 11) is 1.04. The van der Waals surface area contributed by atoms with Gasteiger partial charge in [-0.05, 0) is 19.1 Å². The van der Waals surface area contributed by atoms with Gasteiger partial charge in [0.15, 0.2) is 5.82 Å². The largest absolute Gasteiger partial charge is 0.492 e. The predicted octanol–water partition coefficient (Wildman–Crippen LogP) is 3.19. The minimum atomic E-state index is -1.20. The molecule has 2 rings (SSSR count). The molecule has 1 N–H and O–H groups in total. The molecule has 0 bridgehead atoms. The second kappa shape index (κ2) is 6.38. The molecule has 0 unspecified atom stereocenters. The molecule has 0 saturated carbocycles. The van der Waals surface area contributed by atoms with Crippen LogP contribution < -0.4 is 0 Å². The van der Waals surface area contributed by atoms with Crippen molar-refractivity contribution in [1.82, 2.24) is 10.2 Å². The minimum absolute atomic E-state index is 0.00210. The summed E-state index contributed by atoms with van der Waals surface area (Å²) in [5.41, 5.74) is 0.331. The first-order chi connectivity index (χ1) is 10.5. The topological polar surface area (TPSA) is 64.2 Å². The fourth-order valence-corrected chi connectivity index (χ4v) is 1.93. The van der Waals surface area contributed by atoms with Crippen molar-refractivity contribution < 1.29 is 23.0 Å². The quantitative estimate of drug-likeness (QED) is 0.523. The van der Waals surface area contributed by atoms with Crippen LogP contribution in [0.15, 0.2) is 24.5 Å². The van der Waals surface area contributed by atoms with E-state index in [9.17, 15) is 13.6 Å². The van der Waals surface area contributed by atoms with Gasteiger partial charge < -0.3 is 9.47 Å². The van der Waals surface area contributed by atoms with Crippen molar-refractivity contribution in [1.29, 1.82) is 0 Å². The number of rotatable bonds is 5. The van der Waals surface area contributed by atoms with Crippen molar-refractivity contribution in [3.05, 3.63) is 41.6 Å². The monoisotopic (exact) mass is 308 g/mol. The van der Waals surface area contributed by atoms with Gasteiger partial charge in [-0.25, -0.2) is 9.18 Å². The van der Waals surface area contributed by atoms with E-state index < -0.39 is 17.6 Å². The van der Waals surface area contributed by atoms with Crippen LogP contribution in [-0.2, 0) is 14.3 Å². The lowest BCUT2D eigenvalue weighted by Gasteiger charge is -2.05. The average molecular weight is 308 g/mol. The molecule has 1 heterocycles. The second-order valence-corrected chi connectivity index (χ2v) is 4.30. The van der Waals surface area contributed by atoms with Gasteiger partial charge in [-0.3, -0.25) is 5.10 Å². The van der Waals surface area contributed by atoms with Crippen molar-refractivity contribution in [3.8, 4) is 0 Å². The molecular weight excluding hydrogens is 294 g/mol. The number of H-pyrrole nitrogens is 1. The SMILES string of the molecule is C=C(OCC)c1[nH]nc2c(F)c(/C=C(\F)C(=O)OC)ccc12. The van der Waals surface area contributed by atoms with Crippen LogP contribution in [0.1, 0.15) is 18.2 Å². The summed E-state index contributed by atoms with van der Waals surface area (Å²) in [4.78, 5) is 11.0. The Hall–Kier alpha value is -2.70. The van der Waals surface area contributed by atoms with Gasteiger partial charge in [-0.1, -0.05) is 12.6 Å². The van der Waals surface area contributed by atoms with Crippen LogP contribution >= 0.6 is 0 Å². The Bertz CT molecular complexity index is 765. The molecule has 1 aromatic heterocycles. The highest BCUT2D eigenvalue weighted by Gasteiger charge is 2.16. The third kappa shape index (κ3) is 2.83. The number of hydrogen-bond donors (Lipinski definition) is 1. The van der Waals surface area contributed by atoms with E-state index in [4.69, 9.17) is 4.74 Å². The van der Waals surface area contributed by atoms with Crippen molar-refractivity contribution in [2.45, 2.75) is 6.92 Å². The Balaban J connectivity index is 2.48. The number of methoxy groups -OCH3 is 1. The Labute approximate surface area is 125 Å².